The third kappa shape index (κ3) is 1.80. The summed E-state index contributed by atoms with van der Waals surface area (Å²) < 4.78 is 0. The Morgan fingerprint density at radius 1 is 1.29 bits per heavy atom. The van der Waals surface area contributed by atoms with Crippen molar-refractivity contribution in [2.45, 2.75) is 0 Å². The molecule has 0 radical (unpaired) electrons. The minimum Gasteiger partial charge on any atom is -0.298 e. The van der Waals surface area contributed by atoms with Gasteiger partial charge < -0.3 is 0 Å². The Kier molecular flexibility index (Phi) is 2.84. The van der Waals surface area contributed by atoms with Gasteiger partial charge in [0, 0.05) is 11.3 Å². The molecule has 0 saturated carbocycles. The number of thioether (sulfide) groups is 1. The van der Waals surface area contributed by atoms with E-state index >= 15 is 0 Å². The number of rotatable bonds is 2. The zero-order chi connectivity index (χ0) is 9.80. The van der Waals surface area contributed by atoms with Gasteiger partial charge in [-0.1, -0.05) is 36.4 Å². The lowest BCUT2D eigenvalue weighted by Crippen LogP contribution is -1.95. The number of hydrogen-bond acceptors (Lipinski definition) is 2. The van der Waals surface area contributed by atoms with Crippen LogP contribution in [0.25, 0.3) is 5.57 Å². The molecule has 0 amide bonds. The van der Waals surface area contributed by atoms with E-state index in [1.54, 1.807) is 11.8 Å². The van der Waals surface area contributed by atoms with E-state index < -0.39 is 0 Å². The van der Waals surface area contributed by atoms with Gasteiger partial charge in [-0.05, 0) is 16.5 Å². The first kappa shape index (κ1) is 9.28. The van der Waals surface area contributed by atoms with Crippen molar-refractivity contribution in [1.82, 2.24) is 0 Å². The van der Waals surface area contributed by atoms with Crippen molar-refractivity contribution in [3.8, 4) is 0 Å². The van der Waals surface area contributed by atoms with E-state index in [2.05, 4.69) is 11.5 Å². The number of carbonyl (C=O) groups is 1. The van der Waals surface area contributed by atoms with Crippen LogP contribution in [0.4, 0.5) is 0 Å². The van der Waals surface area contributed by atoms with E-state index in [1.165, 1.54) is 5.57 Å². The van der Waals surface area contributed by atoms with Crippen molar-refractivity contribution < 1.29 is 4.79 Å². The number of allylic oxidation sites excluding steroid dienone is 2. The van der Waals surface area contributed by atoms with E-state index in [1.807, 2.05) is 30.3 Å². The predicted octanol–water partition coefficient (Wildman–Crippen LogP) is 3.14. The summed E-state index contributed by atoms with van der Waals surface area (Å²) in [6, 6.07) is 7.70. The summed E-state index contributed by atoms with van der Waals surface area (Å²) in [6.45, 7) is 0. The average Bonchev–Trinajstić information content (AvgIpc) is 2.30. The number of aldehydes is 1. The highest BCUT2D eigenvalue weighted by atomic mass is 32.2. The standard InChI is InChI=1S/C12H10OS/c13-8-10-4-1-2-6-12(10)11-5-3-7-14-9-11/h1-8H,9H2. The second-order valence-corrected chi connectivity index (χ2v) is 3.93. The molecule has 1 aromatic carbocycles. The molecule has 0 saturated heterocycles. The van der Waals surface area contributed by atoms with Crippen molar-refractivity contribution in [3.05, 3.63) is 53.0 Å². The van der Waals surface area contributed by atoms with Crippen molar-refractivity contribution in [3.63, 3.8) is 0 Å². The quantitative estimate of drug-likeness (QED) is 0.685. The molecule has 0 atom stereocenters. The Balaban J connectivity index is 2.44. The molecule has 0 aromatic heterocycles. The zero-order valence-electron chi connectivity index (χ0n) is 7.64. The Morgan fingerprint density at radius 2 is 2.14 bits per heavy atom. The van der Waals surface area contributed by atoms with Crippen LogP contribution in [-0.4, -0.2) is 12.0 Å². The maximum absolute atomic E-state index is 10.8. The van der Waals surface area contributed by atoms with Crippen molar-refractivity contribution >= 4 is 23.6 Å². The van der Waals surface area contributed by atoms with Crippen LogP contribution in [-0.2, 0) is 0 Å². The molecule has 0 unspecified atom stereocenters. The lowest BCUT2D eigenvalue weighted by atomic mass is 10.0. The predicted molar refractivity (Wildman–Crippen MR) is 61.4 cm³/mol. The SMILES string of the molecule is O=Cc1ccccc1C1=CC=CSC1. The lowest BCUT2D eigenvalue weighted by Gasteiger charge is -2.10. The molecule has 1 heterocycles. The molecule has 2 rings (SSSR count). The van der Waals surface area contributed by atoms with Crippen molar-refractivity contribution in [1.29, 1.82) is 0 Å². The molecule has 0 bridgehead atoms. The summed E-state index contributed by atoms with van der Waals surface area (Å²) in [5, 5.41) is 2.06. The van der Waals surface area contributed by atoms with Crippen LogP contribution in [0.2, 0.25) is 0 Å². The second kappa shape index (κ2) is 4.29. The largest absolute Gasteiger partial charge is 0.298 e. The fraction of sp³-hybridized carbons (Fsp3) is 0.0833. The average molecular weight is 202 g/mol. The van der Waals surface area contributed by atoms with Crippen LogP contribution in [0.1, 0.15) is 15.9 Å². The molecule has 1 aromatic rings. The molecule has 0 spiro atoms. The molecule has 0 aliphatic carbocycles. The van der Waals surface area contributed by atoms with Crippen LogP contribution in [0, 0.1) is 0 Å². The van der Waals surface area contributed by atoms with Crippen LogP contribution in [0.3, 0.4) is 0 Å². The molecule has 0 N–H and O–H groups in total. The lowest BCUT2D eigenvalue weighted by molar-refractivity contribution is 0.112. The van der Waals surface area contributed by atoms with Gasteiger partial charge in [-0.3, -0.25) is 4.79 Å². The summed E-state index contributed by atoms with van der Waals surface area (Å²) in [5.41, 5.74) is 3.05. The van der Waals surface area contributed by atoms with Gasteiger partial charge in [-0.25, -0.2) is 0 Å². The third-order valence-corrected chi connectivity index (χ3v) is 2.97. The van der Waals surface area contributed by atoms with Gasteiger partial charge in [-0.2, -0.15) is 0 Å². The highest BCUT2D eigenvalue weighted by Gasteiger charge is 2.07. The summed E-state index contributed by atoms with van der Waals surface area (Å²) >= 11 is 1.75. The molecular formula is C12H10OS. The topological polar surface area (TPSA) is 17.1 Å². The third-order valence-electron chi connectivity index (χ3n) is 2.14. The van der Waals surface area contributed by atoms with E-state index in [-0.39, 0.29) is 0 Å². The molecular weight excluding hydrogens is 192 g/mol. The first-order chi connectivity index (χ1) is 6.92. The minimum atomic E-state index is 0.773. The fourth-order valence-corrected chi connectivity index (χ4v) is 2.17. The van der Waals surface area contributed by atoms with E-state index in [9.17, 15) is 4.79 Å². The zero-order valence-corrected chi connectivity index (χ0v) is 8.46. The molecule has 70 valence electrons. The van der Waals surface area contributed by atoms with Crippen LogP contribution in [0.5, 0.6) is 0 Å². The van der Waals surface area contributed by atoms with E-state index in [4.69, 9.17) is 0 Å². The summed E-state index contributed by atoms with van der Waals surface area (Å²) in [7, 11) is 0. The van der Waals surface area contributed by atoms with E-state index in [0.717, 1.165) is 23.2 Å². The summed E-state index contributed by atoms with van der Waals surface area (Å²) in [5.74, 6) is 0.946. The van der Waals surface area contributed by atoms with Gasteiger partial charge in [0.2, 0.25) is 0 Å². The molecule has 14 heavy (non-hydrogen) atoms. The molecule has 1 aliphatic heterocycles. The Morgan fingerprint density at radius 3 is 2.86 bits per heavy atom. The number of hydrogen-bond donors (Lipinski definition) is 0. The molecule has 1 nitrogen and oxygen atoms in total. The maximum atomic E-state index is 10.8. The van der Waals surface area contributed by atoms with Gasteiger partial charge in [0.15, 0.2) is 6.29 Å². The molecule has 1 aliphatic rings. The normalized spacial score (nSPS) is 15.0. The molecule has 2 heteroatoms. The van der Waals surface area contributed by atoms with Crippen molar-refractivity contribution in [2.75, 3.05) is 5.75 Å². The highest BCUT2D eigenvalue weighted by Crippen LogP contribution is 2.25. The second-order valence-electron chi connectivity index (χ2n) is 3.04. The van der Waals surface area contributed by atoms with Gasteiger partial charge in [0.25, 0.3) is 0 Å². The van der Waals surface area contributed by atoms with Crippen LogP contribution >= 0.6 is 11.8 Å². The van der Waals surface area contributed by atoms with E-state index in [0.29, 0.717) is 0 Å². The summed E-state index contributed by atoms with van der Waals surface area (Å²) in [6.07, 6.45) is 5.00. The number of carbonyl (C=O) groups excluding carboxylic acids is 1. The van der Waals surface area contributed by atoms with Gasteiger partial charge >= 0.3 is 0 Å². The Bertz CT molecular complexity index is 405. The van der Waals surface area contributed by atoms with Gasteiger partial charge in [-0.15, -0.1) is 11.8 Å². The van der Waals surface area contributed by atoms with Crippen molar-refractivity contribution in [2.24, 2.45) is 0 Å². The van der Waals surface area contributed by atoms with Gasteiger partial charge in [0.05, 0.1) is 0 Å². The highest BCUT2D eigenvalue weighted by molar-refractivity contribution is 8.02. The Hall–Kier alpha value is -1.28. The fourth-order valence-electron chi connectivity index (χ4n) is 1.46. The molecule has 0 fully saturated rings. The maximum Gasteiger partial charge on any atom is 0.150 e. The number of benzene rings is 1. The monoisotopic (exact) mass is 202 g/mol. The van der Waals surface area contributed by atoms with Crippen LogP contribution < -0.4 is 0 Å². The first-order valence-electron chi connectivity index (χ1n) is 4.44. The van der Waals surface area contributed by atoms with Crippen LogP contribution in [0.15, 0.2) is 41.8 Å². The summed E-state index contributed by atoms with van der Waals surface area (Å²) in [4.78, 5) is 10.8. The van der Waals surface area contributed by atoms with Gasteiger partial charge in [0.1, 0.15) is 0 Å². The first-order valence-corrected chi connectivity index (χ1v) is 5.48. The Labute approximate surface area is 87.5 Å². The minimum absolute atomic E-state index is 0.773. The smallest absolute Gasteiger partial charge is 0.150 e.